The Kier molecular flexibility index (Phi) is 8.06. The SMILES string of the molecule is CCOc1ccccc1/C=C1\Oc2c(ccc(O)c2C[NH+](CCOC)CCOC)C1=O. The first-order chi connectivity index (χ1) is 15.1. The minimum Gasteiger partial charge on any atom is -0.507 e. The Hall–Kier alpha value is -2.87. The van der Waals surface area contributed by atoms with Crippen LogP contribution < -0.4 is 14.4 Å². The van der Waals surface area contributed by atoms with E-state index in [2.05, 4.69) is 0 Å². The number of rotatable bonds is 11. The third kappa shape index (κ3) is 5.44. The smallest absolute Gasteiger partial charge is 0.231 e. The fourth-order valence-electron chi connectivity index (χ4n) is 3.54. The summed E-state index contributed by atoms with van der Waals surface area (Å²) in [6, 6.07) is 10.6. The van der Waals surface area contributed by atoms with Crippen molar-refractivity contribution in [2.24, 2.45) is 0 Å². The van der Waals surface area contributed by atoms with E-state index in [0.29, 0.717) is 49.0 Å². The lowest BCUT2D eigenvalue weighted by molar-refractivity contribution is -0.914. The Morgan fingerprint density at radius 3 is 2.45 bits per heavy atom. The first-order valence-corrected chi connectivity index (χ1v) is 10.4. The second kappa shape index (κ2) is 10.9. The van der Waals surface area contributed by atoms with E-state index >= 15 is 0 Å². The topological polar surface area (TPSA) is 78.7 Å². The van der Waals surface area contributed by atoms with Crippen molar-refractivity contribution >= 4 is 11.9 Å². The van der Waals surface area contributed by atoms with Gasteiger partial charge in [-0.25, -0.2) is 0 Å². The van der Waals surface area contributed by atoms with Crippen molar-refractivity contribution in [3.05, 3.63) is 58.8 Å². The fraction of sp³-hybridized carbons (Fsp3) is 0.375. The number of para-hydroxylation sites is 1. The Morgan fingerprint density at radius 2 is 1.77 bits per heavy atom. The Labute approximate surface area is 182 Å². The van der Waals surface area contributed by atoms with E-state index in [1.807, 2.05) is 31.2 Å². The van der Waals surface area contributed by atoms with Crippen LogP contribution in [0.3, 0.4) is 0 Å². The van der Waals surface area contributed by atoms with E-state index < -0.39 is 0 Å². The lowest BCUT2D eigenvalue weighted by Crippen LogP contribution is -3.11. The van der Waals surface area contributed by atoms with Crippen molar-refractivity contribution in [2.75, 3.05) is 47.1 Å². The summed E-state index contributed by atoms with van der Waals surface area (Å²) in [5, 5.41) is 10.5. The van der Waals surface area contributed by atoms with Crippen LogP contribution in [0.1, 0.15) is 28.4 Å². The molecule has 7 nitrogen and oxygen atoms in total. The second-order valence-electron chi connectivity index (χ2n) is 7.26. The van der Waals surface area contributed by atoms with Gasteiger partial charge >= 0.3 is 0 Å². The Balaban J connectivity index is 1.90. The maximum absolute atomic E-state index is 13.0. The molecule has 1 heterocycles. The number of phenolic OH excluding ortho intramolecular Hbond substituents is 1. The highest BCUT2D eigenvalue weighted by Crippen LogP contribution is 2.39. The minimum atomic E-state index is -0.210. The van der Waals surface area contributed by atoms with E-state index in [-0.39, 0.29) is 17.3 Å². The number of hydrogen-bond acceptors (Lipinski definition) is 6. The van der Waals surface area contributed by atoms with Crippen molar-refractivity contribution < 1.29 is 33.7 Å². The predicted molar refractivity (Wildman–Crippen MR) is 117 cm³/mol. The van der Waals surface area contributed by atoms with Gasteiger partial charge in [0.15, 0.2) is 11.5 Å². The molecule has 0 radical (unpaired) electrons. The van der Waals surface area contributed by atoms with Crippen LogP contribution in [-0.2, 0) is 16.0 Å². The standard InChI is InChI=1S/C24H29NO6/c1-4-30-21-8-6-5-7-17(21)15-22-23(27)18-9-10-20(26)19(24(18)31-22)16-25(11-13-28-2)12-14-29-3/h5-10,15,26H,4,11-14,16H2,1-3H3/p+1/b22-15-. The number of quaternary nitrogens is 1. The van der Waals surface area contributed by atoms with Crippen LogP contribution >= 0.6 is 0 Å². The minimum absolute atomic E-state index is 0.106. The second-order valence-corrected chi connectivity index (χ2v) is 7.26. The summed E-state index contributed by atoms with van der Waals surface area (Å²) >= 11 is 0. The van der Waals surface area contributed by atoms with Crippen LogP contribution in [0, 0.1) is 0 Å². The largest absolute Gasteiger partial charge is 0.507 e. The normalized spacial score (nSPS) is 14.2. The summed E-state index contributed by atoms with van der Waals surface area (Å²) in [7, 11) is 3.31. The lowest BCUT2D eigenvalue weighted by Gasteiger charge is -2.20. The van der Waals surface area contributed by atoms with Gasteiger partial charge in [-0.3, -0.25) is 4.79 Å². The molecule has 2 aromatic carbocycles. The molecule has 166 valence electrons. The van der Waals surface area contributed by atoms with E-state index in [0.717, 1.165) is 23.6 Å². The van der Waals surface area contributed by atoms with Crippen LogP contribution in [0.4, 0.5) is 0 Å². The van der Waals surface area contributed by atoms with E-state index in [1.54, 1.807) is 32.4 Å². The number of aromatic hydroxyl groups is 1. The number of allylic oxidation sites excluding steroid dienone is 1. The molecule has 0 amide bonds. The molecule has 0 atom stereocenters. The number of ketones is 1. The zero-order chi connectivity index (χ0) is 22.2. The van der Waals surface area contributed by atoms with Crippen molar-refractivity contribution in [3.63, 3.8) is 0 Å². The molecule has 0 bridgehead atoms. The van der Waals surface area contributed by atoms with Gasteiger partial charge in [0.05, 0.1) is 30.9 Å². The molecule has 1 aliphatic rings. The number of carbonyl (C=O) groups is 1. The average Bonchev–Trinajstić information content (AvgIpc) is 3.08. The molecule has 31 heavy (non-hydrogen) atoms. The monoisotopic (exact) mass is 428 g/mol. The number of ether oxygens (including phenoxy) is 4. The van der Waals surface area contributed by atoms with Crippen LogP contribution in [-0.4, -0.2) is 58.0 Å². The molecule has 3 rings (SSSR count). The van der Waals surface area contributed by atoms with Crippen LogP contribution in [0.15, 0.2) is 42.2 Å². The van der Waals surface area contributed by atoms with Crippen LogP contribution in [0.5, 0.6) is 17.2 Å². The molecule has 0 aromatic heterocycles. The number of methoxy groups -OCH3 is 2. The molecule has 0 unspecified atom stereocenters. The van der Waals surface area contributed by atoms with Gasteiger partial charge in [0.1, 0.15) is 31.1 Å². The van der Waals surface area contributed by atoms with Crippen molar-refractivity contribution in [3.8, 4) is 17.2 Å². The quantitative estimate of drug-likeness (QED) is 0.534. The number of nitrogens with one attached hydrogen (secondary N) is 1. The first-order valence-electron chi connectivity index (χ1n) is 10.4. The molecule has 0 saturated carbocycles. The number of hydrogen-bond donors (Lipinski definition) is 2. The van der Waals surface area contributed by atoms with Crippen molar-refractivity contribution in [1.29, 1.82) is 0 Å². The van der Waals surface area contributed by atoms with Gasteiger partial charge in [-0.1, -0.05) is 18.2 Å². The highest BCUT2D eigenvalue weighted by Gasteiger charge is 2.32. The van der Waals surface area contributed by atoms with E-state index in [4.69, 9.17) is 18.9 Å². The summed E-state index contributed by atoms with van der Waals surface area (Å²) in [4.78, 5) is 14.2. The van der Waals surface area contributed by atoms with E-state index in [9.17, 15) is 9.90 Å². The maximum atomic E-state index is 13.0. The number of phenols is 1. The van der Waals surface area contributed by atoms with Gasteiger partial charge in [-0.15, -0.1) is 0 Å². The van der Waals surface area contributed by atoms with Crippen LogP contribution in [0.25, 0.3) is 6.08 Å². The predicted octanol–water partition coefficient (Wildman–Crippen LogP) is 2.08. The highest BCUT2D eigenvalue weighted by atomic mass is 16.5. The third-order valence-electron chi connectivity index (χ3n) is 5.17. The molecular weight excluding hydrogens is 398 g/mol. The summed E-state index contributed by atoms with van der Waals surface area (Å²) in [5.74, 6) is 1.21. The number of carbonyl (C=O) groups excluding carboxylic acids is 1. The van der Waals surface area contributed by atoms with Gasteiger partial charge in [-0.05, 0) is 31.2 Å². The number of benzene rings is 2. The van der Waals surface area contributed by atoms with Gasteiger partial charge in [0.25, 0.3) is 0 Å². The molecular formula is C24H30NO6+. The summed E-state index contributed by atoms with van der Waals surface area (Å²) in [6.45, 7) is 5.55. The van der Waals surface area contributed by atoms with Crippen molar-refractivity contribution in [1.82, 2.24) is 0 Å². The lowest BCUT2D eigenvalue weighted by atomic mass is 10.0. The number of fused-ring (bicyclic) bond motifs is 1. The summed E-state index contributed by atoms with van der Waals surface area (Å²) in [6.07, 6.45) is 1.69. The first kappa shape index (κ1) is 22.8. The average molecular weight is 429 g/mol. The van der Waals surface area contributed by atoms with Gasteiger partial charge in [-0.2, -0.15) is 0 Å². The molecule has 1 aliphatic heterocycles. The highest BCUT2D eigenvalue weighted by molar-refractivity contribution is 6.15. The summed E-state index contributed by atoms with van der Waals surface area (Å²) < 4.78 is 22.1. The Bertz CT molecular complexity index is 932. The molecule has 2 N–H and O–H groups in total. The molecule has 0 spiro atoms. The molecule has 0 fully saturated rings. The number of Topliss-reactive ketones (excluding diaryl/α,β-unsaturated/α-hetero) is 1. The summed E-state index contributed by atoms with van der Waals surface area (Å²) in [5.41, 5.74) is 1.82. The zero-order valence-corrected chi connectivity index (χ0v) is 18.3. The Morgan fingerprint density at radius 1 is 1.06 bits per heavy atom. The fourth-order valence-corrected chi connectivity index (χ4v) is 3.54. The molecule has 0 aliphatic carbocycles. The van der Waals surface area contributed by atoms with E-state index in [1.165, 1.54) is 0 Å². The van der Waals surface area contributed by atoms with Crippen molar-refractivity contribution in [2.45, 2.75) is 13.5 Å². The molecule has 2 aromatic rings. The molecule has 0 saturated heterocycles. The van der Waals surface area contributed by atoms with Gasteiger partial charge in [0.2, 0.25) is 5.78 Å². The maximum Gasteiger partial charge on any atom is 0.231 e. The van der Waals surface area contributed by atoms with Gasteiger partial charge < -0.3 is 29.0 Å². The van der Waals surface area contributed by atoms with Gasteiger partial charge in [0, 0.05) is 19.8 Å². The molecule has 7 heteroatoms. The zero-order valence-electron chi connectivity index (χ0n) is 18.3. The third-order valence-corrected chi connectivity index (χ3v) is 5.17. The van der Waals surface area contributed by atoms with Crippen LogP contribution in [0.2, 0.25) is 0 Å².